The predicted molar refractivity (Wildman–Crippen MR) is 107 cm³/mol. The Balaban J connectivity index is 1.47. The molecule has 25 heavy (non-hydrogen) atoms. The first-order chi connectivity index (χ1) is 12.2. The largest absolute Gasteiger partial charge is 0.368 e. The molecule has 6 heteroatoms. The number of hydrogen-bond donors (Lipinski definition) is 1. The summed E-state index contributed by atoms with van der Waals surface area (Å²) in [6.07, 6.45) is 1.29. The Bertz CT molecular complexity index is 583. The number of nitrogens with zero attached hydrogens (tertiary/aromatic N) is 4. The molecular formula is C19H30ClN5. The number of benzene rings is 1. The summed E-state index contributed by atoms with van der Waals surface area (Å²) in [6, 6.07) is 8.12. The quantitative estimate of drug-likeness (QED) is 0.658. The maximum Gasteiger partial charge on any atom is 0.193 e. The van der Waals surface area contributed by atoms with Gasteiger partial charge in [-0.05, 0) is 43.6 Å². The van der Waals surface area contributed by atoms with Crippen LogP contribution in [0.3, 0.4) is 0 Å². The molecule has 138 valence electrons. The lowest BCUT2D eigenvalue weighted by Gasteiger charge is -2.38. The molecule has 2 aliphatic rings. The van der Waals surface area contributed by atoms with Gasteiger partial charge in [-0.2, -0.15) is 0 Å². The van der Waals surface area contributed by atoms with Crippen LogP contribution < -0.4 is 10.2 Å². The zero-order valence-electron chi connectivity index (χ0n) is 15.4. The zero-order chi connectivity index (χ0) is 17.6. The van der Waals surface area contributed by atoms with Crippen molar-refractivity contribution in [1.82, 2.24) is 15.1 Å². The van der Waals surface area contributed by atoms with Crippen molar-refractivity contribution >= 4 is 23.2 Å². The van der Waals surface area contributed by atoms with Gasteiger partial charge in [-0.3, -0.25) is 4.99 Å². The molecule has 0 aliphatic carbocycles. The second-order valence-corrected chi connectivity index (χ2v) is 7.37. The smallest absolute Gasteiger partial charge is 0.193 e. The number of guanidine groups is 1. The van der Waals surface area contributed by atoms with Crippen molar-refractivity contribution in [1.29, 1.82) is 0 Å². The summed E-state index contributed by atoms with van der Waals surface area (Å²) in [7, 11) is 1.89. The molecular weight excluding hydrogens is 334 g/mol. The summed E-state index contributed by atoms with van der Waals surface area (Å²) in [5.74, 6) is 1.78. The second kappa shape index (κ2) is 8.77. The summed E-state index contributed by atoms with van der Waals surface area (Å²) >= 11 is 6.12. The van der Waals surface area contributed by atoms with Crippen LogP contribution in [0.5, 0.6) is 0 Å². The molecule has 0 radical (unpaired) electrons. The van der Waals surface area contributed by atoms with Crippen LogP contribution in [0.15, 0.2) is 29.3 Å². The summed E-state index contributed by atoms with van der Waals surface area (Å²) in [5.41, 5.74) is 1.21. The Hall–Kier alpha value is -1.46. The van der Waals surface area contributed by atoms with Crippen LogP contribution in [0.25, 0.3) is 0 Å². The standard InChI is InChI=1S/C19H30ClN5/c1-3-23-8-7-16(15-23)14-22-19(21-2)25-11-9-24(10-12-25)18-6-4-5-17(20)13-18/h4-6,13,16H,3,7-12,14-15H2,1-2H3,(H,21,22). The Morgan fingerprint density at radius 2 is 2.04 bits per heavy atom. The van der Waals surface area contributed by atoms with Crippen molar-refractivity contribution in [2.75, 3.05) is 64.3 Å². The minimum atomic E-state index is 0.740. The molecule has 0 spiro atoms. The lowest BCUT2D eigenvalue weighted by Crippen LogP contribution is -2.53. The van der Waals surface area contributed by atoms with Gasteiger partial charge in [0.05, 0.1) is 0 Å². The molecule has 0 amide bonds. The van der Waals surface area contributed by atoms with E-state index in [1.807, 2.05) is 25.2 Å². The molecule has 0 saturated carbocycles. The van der Waals surface area contributed by atoms with Crippen molar-refractivity contribution in [3.63, 3.8) is 0 Å². The summed E-state index contributed by atoms with van der Waals surface area (Å²) < 4.78 is 0. The molecule has 2 fully saturated rings. The first kappa shape index (κ1) is 18.3. The molecule has 1 atom stereocenters. The zero-order valence-corrected chi connectivity index (χ0v) is 16.2. The van der Waals surface area contributed by atoms with E-state index in [4.69, 9.17) is 11.6 Å². The highest BCUT2D eigenvalue weighted by atomic mass is 35.5. The molecule has 2 heterocycles. The number of nitrogens with one attached hydrogen (secondary N) is 1. The van der Waals surface area contributed by atoms with Crippen molar-refractivity contribution in [2.24, 2.45) is 10.9 Å². The lowest BCUT2D eigenvalue weighted by atomic mass is 10.1. The molecule has 1 N–H and O–H groups in total. The maximum atomic E-state index is 6.12. The highest BCUT2D eigenvalue weighted by molar-refractivity contribution is 6.30. The lowest BCUT2D eigenvalue weighted by molar-refractivity contribution is 0.337. The average molecular weight is 364 g/mol. The van der Waals surface area contributed by atoms with Gasteiger partial charge in [0.15, 0.2) is 5.96 Å². The third-order valence-corrected chi connectivity index (χ3v) is 5.57. The molecule has 2 saturated heterocycles. The van der Waals surface area contributed by atoms with E-state index in [9.17, 15) is 0 Å². The van der Waals surface area contributed by atoms with Crippen LogP contribution in [0, 0.1) is 5.92 Å². The molecule has 0 bridgehead atoms. The van der Waals surface area contributed by atoms with Crippen molar-refractivity contribution in [2.45, 2.75) is 13.3 Å². The summed E-state index contributed by atoms with van der Waals surface area (Å²) in [5, 5.41) is 4.40. The summed E-state index contributed by atoms with van der Waals surface area (Å²) in [4.78, 5) is 11.8. The Labute approximate surface area is 156 Å². The van der Waals surface area contributed by atoms with Crippen LogP contribution in [-0.2, 0) is 0 Å². The third kappa shape index (κ3) is 4.79. The van der Waals surface area contributed by atoms with E-state index < -0.39 is 0 Å². The van der Waals surface area contributed by atoms with E-state index in [0.29, 0.717) is 0 Å². The molecule has 0 aromatic heterocycles. The summed E-state index contributed by atoms with van der Waals surface area (Å²) in [6.45, 7) is 10.8. The van der Waals surface area contributed by atoms with E-state index in [1.54, 1.807) is 0 Å². The molecule has 1 aromatic carbocycles. The third-order valence-electron chi connectivity index (χ3n) is 5.33. The minimum absolute atomic E-state index is 0.740. The molecule has 3 rings (SSSR count). The maximum absolute atomic E-state index is 6.12. The molecule has 5 nitrogen and oxygen atoms in total. The number of aliphatic imine (C=N–C) groups is 1. The number of hydrogen-bond acceptors (Lipinski definition) is 3. The Morgan fingerprint density at radius 3 is 2.68 bits per heavy atom. The average Bonchev–Trinajstić information content (AvgIpc) is 3.11. The topological polar surface area (TPSA) is 34.1 Å². The van der Waals surface area contributed by atoms with E-state index in [2.05, 4.69) is 38.0 Å². The predicted octanol–water partition coefficient (Wildman–Crippen LogP) is 2.38. The first-order valence-electron chi connectivity index (χ1n) is 9.38. The highest BCUT2D eigenvalue weighted by Crippen LogP contribution is 2.21. The number of piperazine rings is 1. The SMILES string of the molecule is CCN1CCC(CNC(=NC)N2CCN(c3cccc(Cl)c3)CC2)C1. The number of halogens is 1. The molecule has 1 aromatic rings. The van der Waals surface area contributed by atoms with Crippen LogP contribution in [0.2, 0.25) is 5.02 Å². The van der Waals surface area contributed by atoms with Crippen LogP contribution in [-0.4, -0.2) is 75.2 Å². The monoisotopic (exact) mass is 363 g/mol. The number of likely N-dealkylation sites (tertiary alicyclic amines) is 1. The number of anilines is 1. The minimum Gasteiger partial charge on any atom is -0.368 e. The van der Waals surface area contributed by atoms with E-state index >= 15 is 0 Å². The van der Waals surface area contributed by atoms with Gasteiger partial charge in [0.1, 0.15) is 0 Å². The van der Waals surface area contributed by atoms with Gasteiger partial charge >= 0.3 is 0 Å². The van der Waals surface area contributed by atoms with Gasteiger partial charge < -0.3 is 20.0 Å². The van der Waals surface area contributed by atoms with E-state index in [0.717, 1.165) is 56.2 Å². The van der Waals surface area contributed by atoms with Gasteiger partial charge in [0.2, 0.25) is 0 Å². The molecule has 2 aliphatic heterocycles. The van der Waals surface area contributed by atoms with Gasteiger partial charge in [0.25, 0.3) is 0 Å². The first-order valence-corrected chi connectivity index (χ1v) is 9.76. The fourth-order valence-corrected chi connectivity index (χ4v) is 3.97. The van der Waals surface area contributed by atoms with Gasteiger partial charge in [-0.25, -0.2) is 0 Å². The highest BCUT2D eigenvalue weighted by Gasteiger charge is 2.23. The van der Waals surface area contributed by atoms with Crippen molar-refractivity contribution in [3.05, 3.63) is 29.3 Å². The van der Waals surface area contributed by atoms with Crippen molar-refractivity contribution in [3.8, 4) is 0 Å². The van der Waals surface area contributed by atoms with Crippen molar-refractivity contribution < 1.29 is 0 Å². The Morgan fingerprint density at radius 1 is 1.24 bits per heavy atom. The van der Waals surface area contributed by atoms with Gasteiger partial charge in [0, 0.05) is 57.0 Å². The van der Waals surface area contributed by atoms with Crippen LogP contribution in [0.4, 0.5) is 5.69 Å². The fourth-order valence-electron chi connectivity index (χ4n) is 3.78. The van der Waals surface area contributed by atoms with E-state index in [1.165, 1.54) is 25.2 Å². The van der Waals surface area contributed by atoms with Gasteiger partial charge in [-0.15, -0.1) is 0 Å². The second-order valence-electron chi connectivity index (χ2n) is 6.93. The van der Waals surface area contributed by atoms with Crippen LogP contribution >= 0.6 is 11.6 Å². The molecule has 1 unspecified atom stereocenters. The number of rotatable bonds is 4. The van der Waals surface area contributed by atoms with Gasteiger partial charge in [-0.1, -0.05) is 24.6 Å². The van der Waals surface area contributed by atoms with E-state index in [-0.39, 0.29) is 0 Å². The normalized spacial score (nSPS) is 22.5. The fraction of sp³-hybridized carbons (Fsp3) is 0.632. The Kier molecular flexibility index (Phi) is 6.43. The van der Waals surface area contributed by atoms with Crippen LogP contribution in [0.1, 0.15) is 13.3 Å².